The molecule has 116 valence electrons. The summed E-state index contributed by atoms with van der Waals surface area (Å²) in [4.78, 5) is 12.8. The molecule has 1 aliphatic carbocycles. The number of amides is 1. The maximum Gasteiger partial charge on any atom is 0.230 e. The van der Waals surface area contributed by atoms with E-state index in [1.165, 1.54) is 6.42 Å². The molecule has 2 rings (SSSR count). The molecule has 0 radical (unpaired) electrons. The molecule has 1 fully saturated rings. The van der Waals surface area contributed by atoms with Crippen molar-refractivity contribution < 1.29 is 4.79 Å². The van der Waals surface area contributed by atoms with Crippen LogP contribution in [0.2, 0.25) is 0 Å². The zero-order valence-electron chi connectivity index (χ0n) is 12.7. The number of halogens is 1. The van der Waals surface area contributed by atoms with Crippen molar-refractivity contribution in [3.63, 3.8) is 0 Å². The first-order chi connectivity index (χ1) is 10.0. The summed E-state index contributed by atoms with van der Waals surface area (Å²) in [6, 6.07) is 8.33. The summed E-state index contributed by atoms with van der Waals surface area (Å²) in [5.41, 5.74) is 6.54. The Morgan fingerprint density at radius 1 is 1.38 bits per heavy atom. The Kier molecular flexibility index (Phi) is 5.82. The van der Waals surface area contributed by atoms with Crippen LogP contribution >= 0.6 is 15.9 Å². The van der Waals surface area contributed by atoms with E-state index in [2.05, 4.69) is 33.4 Å². The molecule has 1 aromatic rings. The topological polar surface area (TPSA) is 55.1 Å². The molecule has 0 heterocycles. The normalized spacial score (nSPS) is 19.0. The third kappa shape index (κ3) is 4.07. The van der Waals surface area contributed by atoms with Crippen molar-refractivity contribution in [2.24, 2.45) is 5.73 Å². The number of rotatable bonds is 5. The maximum atomic E-state index is 12.8. The summed E-state index contributed by atoms with van der Waals surface area (Å²) in [5, 5.41) is 3.11. The fourth-order valence-corrected chi connectivity index (χ4v) is 3.57. The van der Waals surface area contributed by atoms with E-state index in [-0.39, 0.29) is 17.4 Å². The van der Waals surface area contributed by atoms with E-state index in [4.69, 9.17) is 5.73 Å². The Hall–Kier alpha value is -0.870. The molecule has 1 atom stereocenters. The molecule has 0 aliphatic heterocycles. The largest absolute Gasteiger partial charge is 0.355 e. The van der Waals surface area contributed by atoms with E-state index >= 15 is 0 Å². The Morgan fingerprint density at radius 2 is 2.10 bits per heavy atom. The highest BCUT2D eigenvalue weighted by Gasteiger charge is 2.40. The SMILES string of the molecule is CC(N)CCNC(=O)C1(c2cccc(Br)c2)CCCCC1. The van der Waals surface area contributed by atoms with E-state index < -0.39 is 0 Å². The van der Waals surface area contributed by atoms with Gasteiger partial charge in [0.25, 0.3) is 0 Å². The number of carbonyl (C=O) groups is 1. The molecule has 1 aliphatic rings. The van der Waals surface area contributed by atoms with E-state index in [0.717, 1.165) is 42.1 Å². The third-order valence-corrected chi connectivity index (χ3v) is 4.90. The van der Waals surface area contributed by atoms with Gasteiger partial charge in [-0.1, -0.05) is 47.3 Å². The summed E-state index contributed by atoms with van der Waals surface area (Å²) in [7, 11) is 0. The first-order valence-electron chi connectivity index (χ1n) is 7.84. The lowest BCUT2D eigenvalue weighted by Crippen LogP contribution is -2.46. The van der Waals surface area contributed by atoms with Crippen molar-refractivity contribution in [3.8, 4) is 0 Å². The highest BCUT2D eigenvalue weighted by molar-refractivity contribution is 9.10. The zero-order chi connectivity index (χ0) is 15.3. The average Bonchev–Trinajstić information content (AvgIpc) is 2.47. The molecule has 1 aromatic carbocycles. The zero-order valence-corrected chi connectivity index (χ0v) is 14.3. The van der Waals surface area contributed by atoms with Gasteiger partial charge in [-0.15, -0.1) is 0 Å². The average molecular weight is 353 g/mol. The molecule has 0 aromatic heterocycles. The number of hydrogen-bond donors (Lipinski definition) is 2. The molecule has 3 N–H and O–H groups in total. The van der Waals surface area contributed by atoms with Crippen LogP contribution in [-0.2, 0) is 10.2 Å². The minimum Gasteiger partial charge on any atom is -0.355 e. The van der Waals surface area contributed by atoms with Crippen LogP contribution < -0.4 is 11.1 Å². The van der Waals surface area contributed by atoms with Crippen LogP contribution in [0, 0.1) is 0 Å². The first kappa shape index (κ1) is 16.5. The van der Waals surface area contributed by atoms with Crippen LogP contribution in [-0.4, -0.2) is 18.5 Å². The standard InChI is InChI=1S/C17H25BrN2O/c1-13(19)8-11-20-16(21)17(9-3-2-4-10-17)14-6-5-7-15(18)12-14/h5-7,12-13H,2-4,8-11,19H2,1H3,(H,20,21). The second-order valence-electron chi connectivity index (χ2n) is 6.17. The van der Waals surface area contributed by atoms with Crippen LogP contribution in [0.3, 0.4) is 0 Å². The van der Waals surface area contributed by atoms with Crippen molar-refractivity contribution in [3.05, 3.63) is 34.3 Å². The van der Waals surface area contributed by atoms with Crippen LogP contribution in [0.4, 0.5) is 0 Å². The van der Waals surface area contributed by atoms with Crippen molar-refractivity contribution in [2.75, 3.05) is 6.54 Å². The molecule has 1 amide bonds. The lowest BCUT2D eigenvalue weighted by atomic mass is 9.68. The number of nitrogens with two attached hydrogens (primary N) is 1. The van der Waals surface area contributed by atoms with E-state index in [1.54, 1.807) is 0 Å². The summed E-state index contributed by atoms with van der Waals surface area (Å²) in [6.07, 6.45) is 6.16. The molecule has 4 heteroatoms. The predicted molar refractivity (Wildman–Crippen MR) is 90.2 cm³/mol. The molecule has 3 nitrogen and oxygen atoms in total. The van der Waals surface area contributed by atoms with Gasteiger partial charge in [-0.05, 0) is 43.9 Å². The van der Waals surface area contributed by atoms with Crippen LogP contribution in [0.1, 0.15) is 51.0 Å². The van der Waals surface area contributed by atoms with Crippen LogP contribution in [0.15, 0.2) is 28.7 Å². The minimum atomic E-state index is -0.361. The Morgan fingerprint density at radius 3 is 2.71 bits per heavy atom. The van der Waals surface area contributed by atoms with Gasteiger partial charge in [-0.2, -0.15) is 0 Å². The van der Waals surface area contributed by atoms with Gasteiger partial charge in [0.1, 0.15) is 0 Å². The number of nitrogens with one attached hydrogen (secondary N) is 1. The summed E-state index contributed by atoms with van der Waals surface area (Å²) >= 11 is 3.53. The quantitative estimate of drug-likeness (QED) is 0.851. The van der Waals surface area contributed by atoms with Gasteiger partial charge >= 0.3 is 0 Å². The van der Waals surface area contributed by atoms with Crippen LogP contribution in [0.5, 0.6) is 0 Å². The Balaban J connectivity index is 2.18. The van der Waals surface area contributed by atoms with Crippen molar-refractivity contribution in [1.82, 2.24) is 5.32 Å². The molecule has 21 heavy (non-hydrogen) atoms. The van der Waals surface area contributed by atoms with Gasteiger partial charge in [0.05, 0.1) is 5.41 Å². The van der Waals surface area contributed by atoms with Gasteiger partial charge in [0.2, 0.25) is 5.91 Å². The highest BCUT2D eigenvalue weighted by atomic mass is 79.9. The second kappa shape index (κ2) is 7.41. The fourth-order valence-electron chi connectivity index (χ4n) is 3.17. The smallest absolute Gasteiger partial charge is 0.230 e. The number of benzene rings is 1. The molecular weight excluding hydrogens is 328 g/mol. The van der Waals surface area contributed by atoms with E-state index in [1.807, 2.05) is 19.1 Å². The van der Waals surface area contributed by atoms with Gasteiger partial charge in [-0.25, -0.2) is 0 Å². The van der Waals surface area contributed by atoms with Gasteiger partial charge in [-0.3, -0.25) is 4.79 Å². The molecule has 0 bridgehead atoms. The fraction of sp³-hybridized carbons (Fsp3) is 0.588. The van der Waals surface area contributed by atoms with E-state index in [9.17, 15) is 4.79 Å². The van der Waals surface area contributed by atoms with Crippen molar-refractivity contribution >= 4 is 21.8 Å². The van der Waals surface area contributed by atoms with Gasteiger partial charge in [0, 0.05) is 17.1 Å². The molecule has 0 spiro atoms. The summed E-state index contributed by atoms with van der Waals surface area (Å²) < 4.78 is 1.04. The van der Waals surface area contributed by atoms with E-state index in [0.29, 0.717) is 6.54 Å². The third-order valence-electron chi connectivity index (χ3n) is 4.40. The van der Waals surface area contributed by atoms with Gasteiger partial charge in [0.15, 0.2) is 0 Å². The number of carbonyl (C=O) groups excluding carboxylic acids is 1. The molecular formula is C17H25BrN2O. The monoisotopic (exact) mass is 352 g/mol. The summed E-state index contributed by atoms with van der Waals surface area (Å²) in [6.45, 7) is 2.63. The highest BCUT2D eigenvalue weighted by Crippen LogP contribution is 2.40. The van der Waals surface area contributed by atoms with Gasteiger partial charge < -0.3 is 11.1 Å². The maximum absolute atomic E-state index is 12.8. The lowest BCUT2D eigenvalue weighted by molar-refractivity contribution is -0.128. The lowest BCUT2D eigenvalue weighted by Gasteiger charge is -2.36. The van der Waals surface area contributed by atoms with Crippen molar-refractivity contribution in [2.45, 2.75) is 56.9 Å². The Labute approximate surface area is 135 Å². The minimum absolute atomic E-state index is 0.124. The predicted octanol–water partition coefficient (Wildman–Crippen LogP) is 3.50. The summed E-state index contributed by atoms with van der Waals surface area (Å²) in [5.74, 6) is 0.168. The molecule has 1 saturated carbocycles. The molecule has 1 unspecified atom stereocenters. The second-order valence-corrected chi connectivity index (χ2v) is 7.09. The first-order valence-corrected chi connectivity index (χ1v) is 8.64. The number of hydrogen-bond acceptors (Lipinski definition) is 2. The van der Waals surface area contributed by atoms with Crippen LogP contribution in [0.25, 0.3) is 0 Å². The molecule has 0 saturated heterocycles. The van der Waals surface area contributed by atoms with Crippen molar-refractivity contribution in [1.29, 1.82) is 0 Å². The Bertz CT molecular complexity index is 481.